The van der Waals surface area contributed by atoms with Gasteiger partial charge in [0.1, 0.15) is 0 Å². The van der Waals surface area contributed by atoms with E-state index in [0.717, 1.165) is 6.42 Å². The van der Waals surface area contributed by atoms with Crippen molar-refractivity contribution < 1.29 is 14.0 Å². The first-order chi connectivity index (χ1) is 14.7. The third kappa shape index (κ3) is 3.30. The molecule has 0 spiro atoms. The van der Waals surface area contributed by atoms with Crippen LogP contribution in [0.5, 0.6) is 0 Å². The van der Waals surface area contributed by atoms with Crippen molar-refractivity contribution >= 4 is 11.8 Å². The second-order valence-corrected chi connectivity index (χ2v) is 8.07. The van der Waals surface area contributed by atoms with Gasteiger partial charge in [-0.3, -0.25) is 9.59 Å². The van der Waals surface area contributed by atoms with Crippen molar-refractivity contribution in [1.29, 1.82) is 0 Å². The first kappa shape index (κ1) is 18.7. The van der Waals surface area contributed by atoms with Gasteiger partial charge in [-0.1, -0.05) is 48.5 Å². The Hall–Kier alpha value is -3.34. The van der Waals surface area contributed by atoms with E-state index in [9.17, 15) is 9.59 Å². The van der Waals surface area contributed by atoms with Crippen molar-refractivity contribution in [2.24, 2.45) is 5.92 Å². The lowest BCUT2D eigenvalue weighted by atomic mass is 9.59. The minimum atomic E-state index is -0.300. The molecule has 152 valence electrons. The van der Waals surface area contributed by atoms with E-state index in [2.05, 4.69) is 59.2 Å². The molecule has 2 N–H and O–H groups in total. The number of hydrogen-bond acceptors (Lipinski definition) is 3. The van der Waals surface area contributed by atoms with Crippen molar-refractivity contribution in [2.45, 2.75) is 24.7 Å². The lowest BCUT2D eigenvalue weighted by Crippen LogP contribution is -2.40. The van der Waals surface area contributed by atoms with Crippen molar-refractivity contribution in [3.05, 3.63) is 94.9 Å². The minimum Gasteiger partial charge on any atom is -0.459 e. The van der Waals surface area contributed by atoms with Crippen LogP contribution in [-0.2, 0) is 4.79 Å². The summed E-state index contributed by atoms with van der Waals surface area (Å²) in [6, 6.07) is 20.7. The summed E-state index contributed by atoms with van der Waals surface area (Å²) in [7, 11) is 0. The fourth-order valence-electron chi connectivity index (χ4n) is 5.08. The summed E-state index contributed by atoms with van der Waals surface area (Å²) in [4.78, 5) is 24.2. The van der Waals surface area contributed by atoms with Gasteiger partial charge in [-0.25, -0.2) is 0 Å². The molecule has 0 saturated heterocycles. The first-order valence-corrected chi connectivity index (χ1v) is 10.5. The van der Waals surface area contributed by atoms with Crippen LogP contribution in [0.25, 0.3) is 0 Å². The molecule has 2 aromatic carbocycles. The van der Waals surface area contributed by atoms with Crippen LogP contribution >= 0.6 is 0 Å². The van der Waals surface area contributed by atoms with E-state index >= 15 is 0 Å². The zero-order chi connectivity index (χ0) is 20.5. The molecule has 2 amide bonds. The van der Waals surface area contributed by atoms with Gasteiger partial charge < -0.3 is 15.1 Å². The highest BCUT2D eigenvalue weighted by Gasteiger charge is 2.42. The Balaban J connectivity index is 1.21. The Kier molecular flexibility index (Phi) is 4.87. The third-order valence-corrected chi connectivity index (χ3v) is 6.37. The molecule has 2 bridgehead atoms. The number of amides is 2. The lowest BCUT2D eigenvalue weighted by molar-refractivity contribution is -0.121. The van der Waals surface area contributed by atoms with Crippen LogP contribution in [0.1, 0.15) is 57.5 Å². The maximum atomic E-state index is 12.4. The summed E-state index contributed by atoms with van der Waals surface area (Å²) in [5.74, 6) is 1.01. The maximum absolute atomic E-state index is 12.4. The Morgan fingerprint density at radius 1 is 0.867 bits per heavy atom. The lowest BCUT2D eigenvalue weighted by Gasteiger charge is -2.45. The van der Waals surface area contributed by atoms with Gasteiger partial charge in [0.15, 0.2) is 5.76 Å². The fraction of sp³-hybridized carbons (Fsp3) is 0.280. The number of nitrogens with one attached hydrogen (secondary N) is 2. The number of carbonyl (C=O) groups is 2. The number of rotatable bonds is 6. The van der Waals surface area contributed by atoms with Crippen molar-refractivity contribution in [3.8, 4) is 0 Å². The summed E-state index contributed by atoms with van der Waals surface area (Å²) in [6.07, 6.45) is 2.75. The molecular formula is C25H24N2O3. The van der Waals surface area contributed by atoms with Crippen LogP contribution in [0.15, 0.2) is 71.3 Å². The van der Waals surface area contributed by atoms with Gasteiger partial charge in [0, 0.05) is 31.3 Å². The predicted octanol–water partition coefficient (Wildman–Crippen LogP) is 3.81. The van der Waals surface area contributed by atoms with Gasteiger partial charge in [0.25, 0.3) is 5.91 Å². The molecule has 30 heavy (non-hydrogen) atoms. The van der Waals surface area contributed by atoms with Crippen LogP contribution in [0.2, 0.25) is 0 Å². The molecule has 6 rings (SSSR count). The van der Waals surface area contributed by atoms with Gasteiger partial charge >= 0.3 is 0 Å². The molecule has 0 radical (unpaired) electrons. The molecule has 1 atom stereocenters. The number of fused-ring (bicyclic) bond motifs is 1. The van der Waals surface area contributed by atoms with Crippen molar-refractivity contribution in [2.75, 3.05) is 13.1 Å². The van der Waals surface area contributed by atoms with Crippen LogP contribution < -0.4 is 10.6 Å². The molecule has 0 fully saturated rings. The van der Waals surface area contributed by atoms with Crippen molar-refractivity contribution in [3.63, 3.8) is 0 Å². The molecule has 3 aliphatic carbocycles. The van der Waals surface area contributed by atoms with E-state index in [4.69, 9.17) is 4.42 Å². The van der Waals surface area contributed by atoms with Crippen molar-refractivity contribution in [1.82, 2.24) is 10.6 Å². The molecule has 0 saturated carbocycles. The van der Waals surface area contributed by atoms with E-state index in [1.807, 2.05) is 0 Å². The molecule has 3 aromatic rings. The number of furan rings is 1. The third-order valence-electron chi connectivity index (χ3n) is 6.37. The zero-order valence-corrected chi connectivity index (χ0v) is 16.6. The second-order valence-electron chi connectivity index (χ2n) is 8.07. The SMILES string of the molecule is O=C(CCNC(=O)c1ccco1)NC[C@@H]1CC2c3ccccc3C1c1ccccc12. The standard InChI is InChI=1S/C25H24N2O3/c28-23(11-12-26-25(29)22-10-5-13-30-22)27-15-16-14-21-17-6-1-3-8-19(17)24(16)20-9-4-2-7-18(20)21/h1-10,13,16,21,24H,11-12,14-15H2,(H,26,29)(H,27,28)/t16-,21?,24?/m0/s1. The average Bonchev–Trinajstić information content (AvgIpc) is 3.33. The van der Waals surface area contributed by atoms with E-state index < -0.39 is 0 Å². The summed E-state index contributed by atoms with van der Waals surface area (Å²) in [5.41, 5.74) is 5.67. The minimum absolute atomic E-state index is 0.0437. The van der Waals surface area contributed by atoms with Gasteiger partial charge in [-0.05, 0) is 46.7 Å². The Bertz CT molecular complexity index is 1030. The summed E-state index contributed by atoms with van der Waals surface area (Å²) in [6.45, 7) is 0.933. The zero-order valence-electron chi connectivity index (χ0n) is 16.6. The largest absolute Gasteiger partial charge is 0.459 e. The van der Waals surface area contributed by atoms with E-state index in [1.165, 1.54) is 28.5 Å². The highest BCUT2D eigenvalue weighted by Crippen LogP contribution is 2.55. The molecule has 0 unspecified atom stereocenters. The second kappa shape index (κ2) is 7.82. The molecule has 0 aliphatic heterocycles. The summed E-state index contributed by atoms with van der Waals surface area (Å²) in [5, 5.41) is 5.81. The van der Waals surface area contributed by atoms with E-state index in [-0.39, 0.29) is 30.5 Å². The monoisotopic (exact) mass is 400 g/mol. The van der Waals surface area contributed by atoms with Crippen LogP contribution in [0.3, 0.4) is 0 Å². The number of hydrogen-bond donors (Lipinski definition) is 2. The highest BCUT2D eigenvalue weighted by molar-refractivity contribution is 5.91. The molecule has 1 heterocycles. The quantitative estimate of drug-likeness (QED) is 0.661. The summed E-state index contributed by atoms with van der Waals surface area (Å²) < 4.78 is 5.05. The smallest absolute Gasteiger partial charge is 0.286 e. The average molecular weight is 400 g/mol. The number of benzene rings is 2. The maximum Gasteiger partial charge on any atom is 0.286 e. The van der Waals surface area contributed by atoms with Crippen LogP contribution in [0, 0.1) is 5.92 Å². The van der Waals surface area contributed by atoms with E-state index in [0.29, 0.717) is 24.3 Å². The molecular weight excluding hydrogens is 376 g/mol. The van der Waals surface area contributed by atoms with Crippen LogP contribution in [-0.4, -0.2) is 24.9 Å². The Morgan fingerprint density at radius 3 is 2.17 bits per heavy atom. The molecule has 5 nitrogen and oxygen atoms in total. The van der Waals surface area contributed by atoms with Crippen LogP contribution in [0.4, 0.5) is 0 Å². The fourth-order valence-corrected chi connectivity index (χ4v) is 5.08. The first-order valence-electron chi connectivity index (χ1n) is 10.5. The molecule has 1 aromatic heterocycles. The van der Waals surface area contributed by atoms with Gasteiger partial charge in [-0.15, -0.1) is 0 Å². The topological polar surface area (TPSA) is 71.3 Å². The predicted molar refractivity (Wildman–Crippen MR) is 113 cm³/mol. The Morgan fingerprint density at radius 2 is 1.53 bits per heavy atom. The number of carbonyl (C=O) groups excluding carboxylic acids is 2. The van der Waals surface area contributed by atoms with Gasteiger partial charge in [0.05, 0.1) is 6.26 Å². The van der Waals surface area contributed by atoms with Gasteiger partial charge in [-0.2, -0.15) is 0 Å². The molecule has 5 heteroatoms. The molecule has 3 aliphatic rings. The highest BCUT2D eigenvalue weighted by atomic mass is 16.3. The van der Waals surface area contributed by atoms with E-state index in [1.54, 1.807) is 12.1 Å². The normalized spacial score (nSPS) is 20.9. The van der Waals surface area contributed by atoms with Gasteiger partial charge in [0.2, 0.25) is 5.91 Å². The summed E-state index contributed by atoms with van der Waals surface area (Å²) >= 11 is 0. The Labute approximate surface area is 175 Å².